The third-order valence-electron chi connectivity index (χ3n) is 15.3. The minimum atomic E-state index is -0.777. The fourth-order valence-corrected chi connectivity index (χ4v) is 10.2. The average molecular weight is 1070 g/mol. The van der Waals surface area contributed by atoms with E-state index in [-0.39, 0.29) is 31.1 Å². The topological polar surface area (TPSA) is 78.9 Å². The number of ether oxygens (including phenoxy) is 3. The van der Waals surface area contributed by atoms with Crippen molar-refractivity contribution in [1.29, 1.82) is 0 Å². The molecule has 0 radical (unpaired) electrons. The zero-order chi connectivity index (χ0) is 55.0. The molecule has 0 spiro atoms. The van der Waals surface area contributed by atoms with Gasteiger partial charge >= 0.3 is 17.9 Å². The van der Waals surface area contributed by atoms with Crippen molar-refractivity contribution in [3.05, 3.63) is 36.5 Å². The van der Waals surface area contributed by atoms with Crippen LogP contribution in [0.1, 0.15) is 374 Å². The summed E-state index contributed by atoms with van der Waals surface area (Å²) in [7, 11) is 0. The first-order valence-electron chi connectivity index (χ1n) is 34.0. The highest BCUT2D eigenvalue weighted by molar-refractivity contribution is 5.71. The highest BCUT2D eigenvalue weighted by atomic mass is 16.6. The van der Waals surface area contributed by atoms with E-state index in [0.29, 0.717) is 19.3 Å². The van der Waals surface area contributed by atoms with Crippen LogP contribution in [0.15, 0.2) is 36.5 Å². The lowest BCUT2D eigenvalue weighted by Crippen LogP contribution is -2.30. The normalized spacial score (nSPS) is 12.2. The van der Waals surface area contributed by atoms with Crippen molar-refractivity contribution in [2.24, 2.45) is 0 Å². The predicted molar refractivity (Wildman–Crippen MR) is 330 cm³/mol. The van der Waals surface area contributed by atoms with Gasteiger partial charge in [0.1, 0.15) is 13.2 Å². The van der Waals surface area contributed by atoms with E-state index in [4.69, 9.17) is 14.2 Å². The molecule has 0 fully saturated rings. The maximum atomic E-state index is 12.9. The van der Waals surface area contributed by atoms with Crippen LogP contribution in [-0.2, 0) is 28.6 Å². The number of hydrogen-bond donors (Lipinski definition) is 0. The maximum absolute atomic E-state index is 12.9. The van der Waals surface area contributed by atoms with Gasteiger partial charge in [0.15, 0.2) is 6.10 Å². The van der Waals surface area contributed by atoms with Gasteiger partial charge in [-0.2, -0.15) is 0 Å². The van der Waals surface area contributed by atoms with Gasteiger partial charge in [0.25, 0.3) is 0 Å². The van der Waals surface area contributed by atoms with Crippen LogP contribution >= 0.6 is 0 Å². The lowest BCUT2D eigenvalue weighted by molar-refractivity contribution is -0.167. The first-order valence-corrected chi connectivity index (χ1v) is 34.0. The maximum Gasteiger partial charge on any atom is 0.306 e. The van der Waals surface area contributed by atoms with Crippen LogP contribution in [0.2, 0.25) is 0 Å². The number of carbonyl (C=O) groups is 3. The SMILES string of the molecule is CCCCCCCCC/C=C\CCCCCCCC(=O)OCC(COC(=O)CCCCCCCCCCC/C=C\CCCCCCCCCC)OC(=O)CCCCCCCCCCC/C=C\CCCCCCCCCC. The van der Waals surface area contributed by atoms with E-state index in [0.717, 1.165) is 64.2 Å². The summed E-state index contributed by atoms with van der Waals surface area (Å²) in [6.45, 7) is 6.69. The Balaban J connectivity index is 4.33. The van der Waals surface area contributed by atoms with Gasteiger partial charge in [0, 0.05) is 19.3 Å². The van der Waals surface area contributed by atoms with Gasteiger partial charge in [-0.3, -0.25) is 14.4 Å². The van der Waals surface area contributed by atoms with Crippen molar-refractivity contribution >= 4 is 17.9 Å². The van der Waals surface area contributed by atoms with Crippen LogP contribution in [0.5, 0.6) is 0 Å². The molecule has 0 aliphatic heterocycles. The van der Waals surface area contributed by atoms with Gasteiger partial charge < -0.3 is 14.2 Å². The summed E-state index contributed by atoms with van der Waals surface area (Å²) in [5.41, 5.74) is 0. The van der Waals surface area contributed by atoms with Crippen LogP contribution < -0.4 is 0 Å². The van der Waals surface area contributed by atoms with Crippen molar-refractivity contribution in [3.8, 4) is 0 Å². The number of unbranched alkanes of at least 4 members (excludes halogenated alkanes) is 46. The van der Waals surface area contributed by atoms with E-state index in [1.807, 2.05) is 0 Å². The van der Waals surface area contributed by atoms with E-state index in [2.05, 4.69) is 57.2 Å². The van der Waals surface area contributed by atoms with Crippen molar-refractivity contribution in [3.63, 3.8) is 0 Å². The molecule has 1 unspecified atom stereocenters. The second-order valence-corrected chi connectivity index (χ2v) is 23.1. The number of esters is 3. The number of hydrogen-bond acceptors (Lipinski definition) is 6. The molecule has 76 heavy (non-hydrogen) atoms. The summed E-state index contributed by atoms with van der Waals surface area (Å²) in [6.07, 6.45) is 80.1. The zero-order valence-electron chi connectivity index (χ0n) is 51.3. The molecule has 0 saturated carbocycles. The molecule has 0 bridgehead atoms. The largest absolute Gasteiger partial charge is 0.462 e. The summed E-state index contributed by atoms with van der Waals surface area (Å²) in [5.74, 6) is -0.861. The molecule has 6 heteroatoms. The molecule has 1 atom stereocenters. The highest BCUT2D eigenvalue weighted by Gasteiger charge is 2.19. The van der Waals surface area contributed by atoms with Crippen molar-refractivity contribution < 1.29 is 28.6 Å². The second kappa shape index (κ2) is 65.2. The molecule has 0 aromatic heterocycles. The van der Waals surface area contributed by atoms with Crippen LogP contribution in [-0.4, -0.2) is 37.2 Å². The predicted octanol–water partition coefficient (Wildman–Crippen LogP) is 23.2. The molecular weight excluding hydrogens is 937 g/mol. The monoisotopic (exact) mass is 1070 g/mol. The number of rotatable bonds is 63. The highest BCUT2D eigenvalue weighted by Crippen LogP contribution is 2.17. The lowest BCUT2D eigenvalue weighted by Gasteiger charge is -2.18. The first-order chi connectivity index (χ1) is 37.5. The second-order valence-electron chi connectivity index (χ2n) is 23.1. The van der Waals surface area contributed by atoms with Gasteiger partial charge in [0.2, 0.25) is 0 Å². The summed E-state index contributed by atoms with van der Waals surface area (Å²) in [4.78, 5) is 38.4. The van der Waals surface area contributed by atoms with Crippen molar-refractivity contribution in [2.45, 2.75) is 380 Å². The molecule has 0 heterocycles. The number of carbonyl (C=O) groups excluding carboxylic acids is 3. The van der Waals surface area contributed by atoms with E-state index in [9.17, 15) is 14.4 Å². The standard InChI is InChI=1S/C70H130O6/c1-4-7-10-13-16-19-22-25-28-31-33-35-37-39-42-45-48-51-54-57-60-63-69(72)75-66-67(65-74-68(71)62-59-56-53-50-47-44-41-30-27-24-21-18-15-12-9-6-3)76-70(73)64-61-58-55-52-49-46-43-40-38-36-34-32-29-26-23-20-17-14-11-8-5-2/h30-34,41,67H,4-29,35-40,42-66H2,1-3H3/b33-31-,34-32-,41-30-. The smallest absolute Gasteiger partial charge is 0.306 e. The summed E-state index contributed by atoms with van der Waals surface area (Å²) < 4.78 is 17.0. The fourth-order valence-electron chi connectivity index (χ4n) is 10.2. The Morgan fingerprint density at radius 1 is 0.250 bits per heavy atom. The molecule has 446 valence electrons. The van der Waals surface area contributed by atoms with Crippen molar-refractivity contribution in [2.75, 3.05) is 13.2 Å². The van der Waals surface area contributed by atoms with Gasteiger partial charge in [-0.15, -0.1) is 0 Å². The van der Waals surface area contributed by atoms with Crippen LogP contribution in [0, 0.1) is 0 Å². The number of allylic oxidation sites excluding steroid dienone is 6. The minimum Gasteiger partial charge on any atom is -0.462 e. The molecule has 0 aromatic rings. The molecule has 0 rings (SSSR count). The summed E-state index contributed by atoms with van der Waals surface area (Å²) in [6, 6.07) is 0. The van der Waals surface area contributed by atoms with Gasteiger partial charge in [0.05, 0.1) is 0 Å². The van der Waals surface area contributed by atoms with Crippen molar-refractivity contribution in [1.82, 2.24) is 0 Å². The summed E-state index contributed by atoms with van der Waals surface area (Å²) in [5, 5.41) is 0. The Bertz CT molecular complexity index is 1270. The van der Waals surface area contributed by atoms with E-state index in [1.165, 1.54) is 270 Å². The van der Waals surface area contributed by atoms with Gasteiger partial charge in [-0.05, 0) is 96.3 Å². The van der Waals surface area contributed by atoms with Crippen LogP contribution in [0.25, 0.3) is 0 Å². The summed E-state index contributed by atoms with van der Waals surface area (Å²) >= 11 is 0. The minimum absolute atomic E-state index is 0.0734. The van der Waals surface area contributed by atoms with Crippen LogP contribution in [0.3, 0.4) is 0 Å². The zero-order valence-corrected chi connectivity index (χ0v) is 51.3. The molecule has 6 nitrogen and oxygen atoms in total. The molecule has 0 aliphatic carbocycles. The molecular formula is C70H130O6. The third kappa shape index (κ3) is 62.5. The van der Waals surface area contributed by atoms with Crippen LogP contribution in [0.4, 0.5) is 0 Å². The molecule has 0 N–H and O–H groups in total. The molecule has 0 aliphatic rings. The van der Waals surface area contributed by atoms with Gasteiger partial charge in [-0.25, -0.2) is 0 Å². The van der Waals surface area contributed by atoms with E-state index < -0.39 is 6.10 Å². The Hall–Kier alpha value is -2.37. The van der Waals surface area contributed by atoms with E-state index >= 15 is 0 Å². The lowest BCUT2D eigenvalue weighted by atomic mass is 10.1. The van der Waals surface area contributed by atoms with E-state index in [1.54, 1.807) is 0 Å². The quantitative estimate of drug-likeness (QED) is 0.0261. The van der Waals surface area contributed by atoms with Gasteiger partial charge in [-0.1, -0.05) is 295 Å². The Morgan fingerprint density at radius 2 is 0.434 bits per heavy atom. The fraction of sp³-hybridized carbons (Fsp3) is 0.871. The molecule has 0 saturated heterocycles. The Kier molecular flexibility index (Phi) is 63.1. The Labute approximate surface area is 474 Å². The molecule has 0 amide bonds. The first kappa shape index (κ1) is 73.6. The Morgan fingerprint density at radius 3 is 0.658 bits per heavy atom. The third-order valence-corrected chi connectivity index (χ3v) is 15.3. The average Bonchev–Trinajstić information content (AvgIpc) is 3.42. The molecule has 0 aromatic carbocycles.